The average molecular weight is 335 g/mol. The van der Waals surface area contributed by atoms with Crippen LogP contribution in [0.15, 0.2) is 0 Å². The van der Waals surface area contributed by atoms with Crippen LogP contribution in [0, 0.1) is 0 Å². The van der Waals surface area contributed by atoms with E-state index >= 15 is 0 Å². The Hall–Kier alpha value is 0.976. The van der Waals surface area contributed by atoms with Gasteiger partial charge in [-0.3, -0.25) is 0 Å². The van der Waals surface area contributed by atoms with Crippen molar-refractivity contribution in [2.45, 2.75) is 70.2 Å². The van der Waals surface area contributed by atoms with Gasteiger partial charge in [-0.2, -0.15) is 0 Å². The molecule has 1 aliphatic carbocycles. The van der Waals surface area contributed by atoms with Gasteiger partial charge in [0.15, 0.2) is 0 Å². The molecule has 0 unspecified atom stereocenters. The molecule has 1 rings (SSSR count). The summed E-state index contributed by atoms with van der Waals surface area (Å²) in [5.41, 5.74) is 0. The van der Waals surface area contributed by atoms with Gasteiger partial charge in [0.1, 0.15) is 0 Å². The van der Waals surface area contributed by atoms with Crippen molar-refractivity contribution in [1.82, 2.24) is 0 Å². The number of hydrogen-bond donors (Lipinski definition) is 0. The second-order valence-electron chi connectivity index (χ2n) is 7.02. The summed E-state index contributed by atoms with van der Waals surface area (Å²) < 4.78 is 7.04. The summed E-state index contributed by atoms with van der Waals surface area (Å²) in [6.07, 6.45) is 6.95. The molecule has 0 bridgehead atoms. The molecule has 0 saturated heterocycles. The van der Waals surface area contributed by atoms with Crippen LogP contribution in [-0.2, 0) is 4.43 Å². The summed E-state index contributed by atoms with van der Waals surface area (Å²) >= 11 is -1.97. The Morgan fingerprint density at radius 2 is 1.40 bits per heavy atom. The van der Waals surface area contributed by atoms with E-state index in [-0.39, 0.29) is 0 Å². The molecular weight excluding hydrogens is 307 g/mol. The molecule has 0 amide bonds. The normalized spacial score (nSPS) is 22.8. The summed E-state index contributed by atoms with van der Waals surface area (Å²) in [7, 11) is -1.37. The second-order valence-corrected chi connectivity index (χ2v) is 26.9. The summed E-state index contributed by atoms with van der Waals surface area (Å²) in [6.45, 7) is 7.04. The third-order valence-electron chi connectivity index (χ3n) is 3.53. The molecule has 1 aliphatic rings. The van der Waals surface area contributed by atoms with Crippen molar-refractivity contribution in [2.24, 2.45) is 0 Å². The van der Waals surface area contributed by atoms with Crippen molar-refractivity contribution >= 4 is 26.7 Å². The van der Waals surface area contributed by atoms with E-state index in [1.54, 1.807) is 0 Å². The van der Waals surface area contributed by atoms with Gasteiger partial charge in [0.25, 0.3) is 0 Å². The molecule has 0 spiro atoms. The fourth-order valence-corrected chi connectivity index (χ4v) is 14.9. The van der Waals surface area contributed by atoms with Crippen molar-refractivity contribution in [3.63, 3.8) is 0 Å². The minimum absolute atomic E-state index is 0.372. The van der Waals surface area contributed by atoms with Crippen molar-refractivity contribution in [3.8, 4) is 0 Å². The van der Waals surface area contributed by atoms with Crippen molar-refractivity contribution in [1.29, 1.82) is 0 Å². The van der Waals surface area contributed by atoms with E-state index in [0.29, 0.717) is 3.62 Å². The molecule has 0 N–H and O–H groups in total. The molecule has 1 saturated carbocycles. The average Bonchev–Trinajstić information content (AvgIpc) is 2.00. The van der Waals surface area contributed by atoms with Gasteiger partial charge in [0.05, 0.1) is 0 Å². The van der Waals surface area contributed by atoms with Gasteiger partial charge in [-0.15, -0.1) is 0 Å². The monoisotopic (exact) mass is 336 g/mol. The van der Waals surface area contributed by atoms with E-state index in [0.717, 1.165) is 0 Å². The molecular formula is C12H28OSiSn. The fourth-order valence-electron chi connectivity index (χ4n) is 2.71. The summed E-state index contributed by atoms with van der Waals surface area (Å²) in [5.74, 6) is 0. The first-order valence-electron chi connectivity index (χ1n) is 6.37. The van der Waals surface area contributed by atoms with Gasteiger partial charge in [0, 0.05) is 0 Å². The van der Waals surface area contributed by atoms with Crippen LogP contribution >= 0.6 is 0 Å². The van der Waals surface area contributed by atoms with Gasteiger partial charge < -0.3 is 0 Å². The Morgan fingerprint density at radius 1 is 0.933 bits per heavy atom. The third kappa shape index (κ3) is 3.74. The Kier molecular flexibility index (Phi) is 4.39. The Morgan fingerprint density at radius 3 is 1.73 bits per heavy atom. The molecule has 0 heterocycles. The zero-order valence-electron chi connectivity index (χ0n) is 11.4. The van der Waals surface area contributed by atoms with E-state index in [9.17, 15) is 0 Å². The molecule has 1 nitrogen and oxygen atoms in total. The van der Waals surface area contributed by atoms with E-state index in [2.05, 4.69) is 34.5 Å². The first kappa shape index (κ1) is 14.0. The molecule has 15 heavy (non-hydrogen) atoms. The van der Waals surface area contributed by atoms with Crippen LogP contribution in [0.2, 0.25) is 34.5 Å². The Bertz CT molecular complexity index is 209. The van der Waals surface area contributed by atoms with E-state index in [1.807, 2.05) is 0 Å². The standard InChI is InChI=1S/C9H19OSi.3CH3.Sn/c1-11(2,3)10-9-7-5-4-6-8-9;;;;/h4-8H2,1-3H3;3*1H3;. The Balaban J connectivity index is 2.86. The van der Waals surface area contributed by atoms with Crippen LogP contribution < -0.4 is 0 Å². The SMILES string of the molecule is C[Si](C)(C)O[C]1([Sn]([CH3])([CH3])[CH3])CCCCC1. The van der Waals surface area contributed by atoms with Gasteiger partial charge in [-0.1, -0.05) is 0 Å². The van der Waals surface area contributed by atoms with E-state index < -0.39 is 26.7 Å². The van der Waals surface area contributed by atoms with Crippen LogP contribution in [0.5, 0.6) is 0 Å². The molecule has 0 aromatic carbocycles. The van der Waals surface area contributed by atoms with Crippen molar-refractivity contribution in [2.75, 3.05) is 0 Å². The van der Waals surface area contributed by atoms with Crippen molar-refractivity contribution < 1.29 is 4.43 Å². The van der Waals surface area contributed by atoms with E-state index in [4.69, 9.17) is 4.43 Å². The maximum absolute atomic E-state index is 6.66. The fraction of sp³-hybridized carbons (Fsp3) is 1.00. The summed E-state index contributed by atoms with van der Waals surface area (Å²) in [4.78, 5) is 7.67. The molecule has 90 valence electrons. The van der Waals surface area contributed by atoms with Gasteiger partial charge in [0.2, 0.25) is 0 Å². The number of rotatable bonds is 3. The second kappa shape index (κ2) is 4.69. The Labute approximate surface area is 101 Å². The van der Waals surface area contributed by atoms with Gasteiger partial charge in [-0.25, -0.2) is 0 Å². The van der Waals surface area contributed by atoms with Gasteiger partial charge >= 0.3 is 101 Å². The predicted molar refractivity (Wildman–Crippen MR) is 73.6 cm³/mol. The molecule has 3 heteroatoms. The molecule has 0 aromatic rings. The van der Waals surface area contributed by atoms with E-state index in [1.165, 1.54) is 32.1 Å². The van der Waals surface area contributed by atoms with Crippen LogP contribution in [-0.4, -0.2) is 30.3 Å². The van der Waals surface area contributed by atoms with Crippen molar-refractivity contribution in [3.05, 3.63) is 0 Å². The molecule has 0 aliphatic heterocycles. The van der Waals surface area contributed by atoms with Gasteiger partial charge in [-0.05, 0) is 0 Å². The van der Waals surface area contributed by atoms with Crippen LogP contribution in [0.3, 0.4) is 0 Å². The first-order chi connectivity index (χ1) is 6.66. The van der Waals surface area contributed by atoms with Crippen LogP contribution in [0.25, 0.3) is 0 Å². The summed E-state index contributed by atoms with van der Waals surface area (Å²) in [6, 6.07) is 0. The quantitative estimate of drug-likeness (QED) is 0.694. The third-order valence-corrected chi connectivity index (χ3v) is 14.6. The predicted octanol–water partition coefficient (Wildman–Crippen LogP) is 4.42. The zero-order chi connectivity index (χ0) is 11.7. The molecule has 0 aromatic heterocycles. The topological polar surface area (TPSA) is 9.23 Å². The molecule has 0 atom stereocenters. The molecule has 0 radical (unpaired) electrons. The maximum atomic E-state index is 6.66. The summed E-state index contributed by atoms with van der Waals surface area (Å²) in [5, 5.41) is 0. The minimum atomic E-state index is -1.97. The number of hydrogen-bond acceptors (Lipinski definition) is 1. The molecule has 1 fully saturated rings. The first-order valence-corrected chi connectivity index (χ1v) is 19.8. The van der Waals surface area contributed by atoms with Crippen LogP contribution in [0.1, 0.15) is 32.1 Å². The van der Waals surface area contributed by atoms with Crippen LogP contribution in [0.4, 0.5) is 0 Å². The zero-order valence-corrected chi connectivity index (χ0v) is 15.3.